The van der Waals surface area contributed by atoms with Crippen molar-refractivity contribution >= 4 is 26.0 Å². The molecular weight excluding hydrogens is 306 g/mol. The second-order valence-electron chi connectivity index (χ2n) is 6.62. The molecule has 0 aliphatic heterocycles. The molecule has 118 valence electrons. The largest absolute Gasteiger partial charge is 0.465 e. The molecule has 0 fully saturated rings. The predicted octanol–water partition coefficient (Wildman–Crippen LogP) is 4.67. The molecule has 1 aromatic rings. The minimum atomic E-state index is -1.92. The van der Waals surface area contributed by atoms with Crippen LogP contribution in [0.2, 0.25) is 23.2 Å². The highest BCUT2D eigenvalue weighted by Crippen LogP contribution is 2.37. The third-order valence-corrected chi connectivity index (χ3v) is 8.74. The second kappa shape index (κ2) is 6.81. The zero-order valence-electron chi connectivity index (χ0n) is 13.2. The molecule has 0 heterocycles. The smallest absolute Gasteiger partial charge is 0.405 e. The van der Waals surface area contributed by atoms with Gasteiger partial charge in [0.05, 0.1) is 12.6 Å². The molecule has 1 atom stereocenters. The van der Waals surface area contributed by atoms with E-state index in [1.165, 1.54) is 0 Å². The molecule has 21 heavy (non-hydrogen) atoms. The number of benzene rings is 1. The number of amides is 1. The van der Waals surface area contributed by atoms with Crippen molar-refractivity contribution in [1.29, 1.82) is 0 Å². The van der Waals surface area contributed by atoms with Crippen LogP contribution in [0.5, 0.6) is 0 Å². The molecule has 1 amide bonds. The number of carboxylic acid groups (broad SMARTS) is 1. The molecular formula is C15H24ClNO3Si. The fourth-order valence-corrected chi connectivity index (χ4v) is 2.72. The fourth-order valence-electron chi connectivity index (χ4n) is 1.57. The van der Waals surface area contributed by atoms with Crippen LogP contribution in [0.1, 0.15) is 32.4 Å². The van der Waals surface area contributed by atoms with E-state index in [1.807, 2.05) is 12.1 Å². The normalized spacial score (nSPS) is 13.8. The summed E-state index contributed by atoms with van der Waals surface area (Å²) < 4.78 is 6.12. The Hall–Kier alpha value is -1.04. The standard InChI is InChI=1S/C15H24ClNO3Si/c1-15(2,3)21(4,5)20-10-13(17-14(18)19)11-6-8-12(16)9-7-11/h6-9,13,17H,10H2,1-5H3,(H,18,19)/t13-/m0/s1. The Labute approximate surface area is 132 Å². The molecule has 2 N–H and O–H groups in total. The van der Waals surface area contributed by atoms with Crippen molar-refractivity contribution in [3.63, 3.8) is 0 Å². The van der Waals surface area contributed by atoms with E-state index in [0.29, 0.717) is 11.6 Å². The Balaban J connectivity index is 2.85. The molecule has 0 unspecified atom stereocenters. The van der Waals surface area contributed by atoms with Crippen LogP contribution in [0.15, 0.2) is 24.3 Å². The van der Waals surface area contributed by atoms with Gasteiger partial charge in [-0.2, -0.15) is 0 Å². The SMILES string of the molecule is CC(C)(C)[Si](C)(C)OC[C@H](NC(=O)O)c1ccc(Cl)cc1. The van der Waals surface area contributed by atoms with Crippen LogP contribution in [0.3, 0.4) is 0 Å². The fraction of sp³-hybridized carbons (Fsp3) is 0.533. The Morgan fingerprint density at radius 2 is 1.86 bits per heavy atom. The first-order valence-electron chi connectivity index (χ1n) is 6.92. The molecule has 0 aromatic heterocycles. The topological polar surface area (TPSA) is 58.6 Å². The summed E-state index contributed by atoms with van der Waals surface area (Å²) in [4.78, 5) is 11.0. The Kier molecular flexibility index (Phi) is 5.84. The van der Waals surface area contributed by atoms with E-state index in [1.54, 1.807) is 12.1 Å². The summed E-state index contributed by atoms with van der Waals surface area (Å²) in [5, 5.41) is 12.2. The Morgan fingerprint density at radius 3 is 2.29 bits per heavy atom. The van der Waals surface area contributed by atoms with Gasteiger partial charge >= 0.3 is 6.09 Å². The minimum absolute atomic E-state index is 0.0841. The van der Waals surface area contributed by atoms with Crippen molar-refractivity contribution in [3.05, 3.63) is 34.9 Å². The minimum Gasteiger partial charge on any atom is -0.465 e. The molecule has 1 rings (SSSR count). The summed E-state index contributed by atoms with van der Waals surface area (Å²) in [5.41, 5.74) is 0.848. The lowest BCUT2D eigenvalue weighted by Crippen LogP contribution is -2.43. The molecule has 0 spiro atoms. The van der Waals surface area contributed by atoms with Crippen LogP contribution in [0.25, 0.3) is 0 Å². The second-order valence-corrected chi connectivity index (χ2v) is 11.9. The van der Waals surface area contributed by atoms with Crippen LogP contribution in [-0.2, 0) is 4.43 Å². The maximum absolute atomic E-state index is 11.0. The van der Waals surface area contributed by atoms with Gasteiger partial charge in [0.25, 0.3) is 0 Å². The van der Waals surface area contributed by atoms with Crippen molar-refractivity contribution in [2.45, 2.75) is 44.9 Å². The summed E-state index contributed by atoms with van der Waals surface area (Å²) in [7, 11) is -1.92. The quantitative estimate of drug-likeness (QED) is 0.772. The molecule has 0 aliphatic rings. The van der Waals surface area contributed by atoms with Crippen molar-refractivity contribution in [2.75, 3.05) is 6.61 Å². The average Bonchev–Trinajstić information content (AvgIpc) is 2.34. The highest BCUT2D eigenvalue weighted by atomic mass is 35.5. The van der Waals surface area contributed by atoms with E-state index in [0.717, 1.165) is 5.56 Å². The third kappa shape index (κ3) is 5.34. The summed E-state index contributed by atoms with van der Waals surface area (Å²) in [6, 6.07) is 6.74. The first kappa shape index (κ1) is 18.0. The number of nitrogens with one attached hydrogen (secondary N) is 1. The first-order valence-corrected chi connectivity index (χ1v) is 10.2. The van der Waals surface area contributed by atoms with E-state index in [4.69, 9.17) is 21.1 Å². The highest BCUT2D eigenvalue weighted by molar-refractivity contribution is 6.74. The van der Waals surface area contributed by atoms with Crippen molar-refractivity contribution in [1.82, 2.24) is 5.32 Å². The van der Waals surface area contributed by atoms with E-state index >= 15 is 0 Å². The molecule has 6 heteroatoms. The molecule has 0 bridgehead atoms. The van der Waals surface area contributed by atoms with Gasteiger partial charge in [0.2, 0.25) is 0 Å². The van der Waals surface area contributed by atoms with Gasteiger partial charge in [-0.15, -0.1) is 0 Å². The van der Waals surface area contributed by atoms with Crippen molar-refractivity contribution in [2.24, 2.45) is 0 Å². The van der Waals surface area contributed by atoms with Gasteiger partial charge in [0.1, 0.15) is 0 Å². The number of halogens is 1. The monoisotopic (exact) mass is 329 g/mol. The van der Waals surface area contributed by atoms with Gasteiger partial charge < -0.3 is 14.8 Å². The Morgan fingerprint density at radius 1 is 1.33 bits per heavy atom. The van der Waals surface area contributed by atoms with Crippen LogP contribution >= 0.6 is 11.6 Å². The summed E-state index contributed by atoms with van der Waals surface area (Å²) in [6.45, 7) is 11.1. The predicted molar refractivity (Wildman–Crippen MR) is 88.5 cm³/mol. The molecule has 0 aliphatic carbocycles. The van der Waals surface area contributed by atoms with E-state index in [2.05, 4.69) is 39.2 Å². The molecule has 4 nitrogen and oxygen atoms in total. The molecule has 1 aromatic carbocycles. The van der Waals surface area contributed by atoms with Crippen molar-refractivity contribution < 1.29 is 14.3 Å². The van der Waals surface area contributed by atoms with Gasteiger partial charge in [0, 0.05) is 5.02 Å². The summed E-state index contributed by atoms with van der Waals surface area (Å²) >= 11 is 5.87. The first-order chi connectivity index (χ1) is 9.53. The van der Waals surface area contributed by atoms with E-state index < -0.39 is 20.5 Å². The zero-order chi connectivity index (χ0) is 16.3. The van der Waals surface area contributed by atoms with Gasteiger partial charge in [-0.05, 0) is 35.8 Å². The van der Waals surface area contributed by atoms with Gasteiger partial charge in [0.15, 0.2) is 8.32 Å². The van der Waals surface area contributed by atoms with E-state index in [-0.39, 0.29) is 5.04 Å². The zero-order valence-corrected chi connectivity index (χ0v) is 15.0. The van der Waals surface area contributed by atoms with Gasteiger partial charge in [-0.3, -0.25) is 0 Å². The van der Waals surface area contributed by atoms with Crippen LogP contribution < -0.4 is 5.32 Å². The van der Waals surface area contributed by atoms with Gasteiger partial charge in [-0.1, -0.05) is 44.5 Å². The lowest BCUT2D eigenvalue weighted by Gasteiger charge is -2.37. The van der Waals surface area contributed by atoms with Gasteiger partial charge in [-0.25, -0.2) is 4.79 Å². The van der Waals surface area contributed by atoms with Crippen LogP contribution in [-0.4, -0.2) is 26.1 Å². The third-order valence-electron chi connectivity index (χ3n) is 3.99. The lowest BCUT2D eigenvalue weighted by molar-refractivity contribution is 0.178. The van der Waals surface area contributed by atoms with Crippen LogP contribution in [0.4, 0.5) is 4.79 Å². The number of hydrogen-bond acceptors (Lipinski definition) is 2. The molecule has 0 saturated carbocycles. The van der Waals surface area contributed by atoms with Crippen molar-refractivity contribution in [3.8, 4) is 0 Å². The number of hydrogen-bond donors (Lipinski definition) is 2. The average molecular weight is 330 g/mol. The number of carbonyl (C=O) groups is 1. The molecule has 0 radical (unpaired) electrons. The summed E-state index contributed by atoms with van der Waals surface area (Å²) in [5.74, 6) is 0. The number of rotatable bonds is 5. The highest BCUT2D eigenvalue weighted by Gasteiger charge is 2.37. The van der Waals surface area contributed by atoms with Crippen LogP contribution in [0, 0.1) is 0 Å². The Bertz CT molecular complexity index is 483. The maximum atomic E-state index is 11.0. The molecule has 0 saturated heterocycles. The summed E-state index contributed by atoms with van der Waals surface area (Å²) in [6.07, 6.45) is -1.06. The maximum Gasteiger partial charge on any atom is 0.405 e. The lowest BCUT2D eigenvalue weighted by atomic mass is 10.1. The van der Waals surface area contributed by atoms with E-state index in [9.17, 15) is 4.79 Å².